The quantitative estimate of drug-likeness (QED) is 0.520. The van der Waals surface area contributed by atoms with Crippen molar-refractivity contribution in [1.82, 2.24) is 0 Å². The lowest BCUT2D eigenvalue weighted by molar-refractivity contribution is 0.0214. The largest absolute Gasteiger partial charge is 0.460 e. The zero-order valence-electron chi connectivity index (χ0n) is 9.35. The molecule has 0 heterocycles. The Morgan fingerprint density at radius 3 is 2.44 bits per heavy atom. The van der Waals surface area contributed by atoms with Crippen LogP contribution in [-0.2, 0) is 14.2 Å². The van der Waals surface area contributed by atoms with Crippen LogP contribution in [0.4, 0.5) is 0 Å². The fourth-order valence-corrected chi connectivity index (χ4v) is 1.10. The highest BCUT2D eigenvalue weighted by Gasteiger charge is 2.04. The Labute approximate surface area is 95.1 Å². The molecule has 88 valence electrons. The summed E-state index contributed by atoms with van der Waals surface area (Å²) in [7, 11) is 1.61. The van der Waals surface area contributed by atoms with Crippen LogP contribution in [0.25, 0.3) is 0 Å². The zero-order chi connectivity index (χ0) is 11.6. The van der Waals surface area contributed by atoms with E-state index in [-0.39, 0.29) is 12.6 Å². The van der Waals surface area contributed by atoms with Crippen LogP contribution >= 0.6 is 0 Å². The average Bonchev–Trinajstić information content (AvgIpc) is 2.34. The van der Waals surface area contributed by atoms with Crippen molar-refractivity contribution in [2.24, 2.45) is 0 Å². The van der Waals surface area contributed by atoms with E-state index in [4.69, 9.17) is 14.2 Å². The van der Waals surface area contributed by atoms with E-state index in [1.165, 1.54) is 0 Å². The van der Waals surface area contributed by atoms with Crippen molar-refractivity contribution in [1.29, 1.82) is 0 Å². The van der Waals surface area contributed by atoms with Gasteiger partial charge in [-0.05, 0) is 12.1 Å². The Balaban J connectivity index is 2.12. The highest BCUT2D eigenvalue weighted by atomic mass is 16.6. The van der Waals surface area contributed by atoms with E-state index in [1.807, 2.05) is 6.07 Å². The Morgan fingerprint density at radius 2 is 1.75 bits per heavy atom. The predicted octanol–water partition coefficient (Wildman–Crippen LogP) is 1.51. The fraction of sp³-hybridized carbons (Fsp3) is 0.417. The molecule has 0 aliphatic carbocycles. The van der Waals surface area contributed by atoms with Crippen LogP contribution in [0.1, 0.15) is 10.4 Å². The Bertz CT molecular complexity index is 297. The van der Waals surface area contributed by atoms with Crippen LogP contribution in [0.3, 0.4) is 0 Å². The molecule has 0 N–H and O–H groups in total. The maximum Gasteiger partial charge on any atom is 0.338 e. The minimum atomic E-state index is -0.323. The molecule has 0 amide bonds. The van der Waals surface area contributed by atoms with Gasteiger partial charge in [-0.15, -0.1) is 0 Å². The summed E-state index contributed by atoms with van der Waals surface area (Å²) in [5, 5.41) is 0. The zero-order valence-corrected chi connectivity index (χ0v) is 9.35. The lowest BCUT2D eigenvalue weighted by Crippen LogP contribution is -2.12. The maximum atomic E-state index is 11.4. The van der Waals surface area contributed by atoms with Crippen molar-refractivity contribution in [3.63, 3.8) is 0 Å². The van der Waals surface area contributed by atoms with Gasteiger partial charge in [-0.3, -0.25) is 0 Å². The molecule has 0 aliphatic rings. The summed E-state index contributed by atoms with van der Waals surface area (Å²) >= 11 is 0. The first kappa shape index (κ1) is 12.7. The second-order valence-corrected chi connectivity index (χ2v) is 3.11. The second kappa shape index (κ2) is 7.84. The van der Waals surface area contributed by atoms with Crippen molar-refractivity contribution < 1.29 is 19.0 Å². The van der Waals surface area contributed by atoms with E-state index in [0.717, 1.165) is 0 Å². The fourth-order valence-electron chi connectivity index (χ4n) is 1.10. The molecular formula is C12H16O4. The molecule has 0 fully saturated rings. The maximum absolute atomic E-state index is 11.4. The second-order valence-electron chi connectivity index (χ2n) is 3.11. The van der Waals surface area contributed by atoms with Crippen LogP contribution < -0.4 is 0 Å². The third kappa shape index (κ3) is 4.91. The van der Waals surface area contributed by atoms with E-state index in [0.29, 0.717) is 25.4 Å². The van der Waals surface area contributed by atoms with E-state index in [1.54, 1.807) is 31.4 Å². The highest BCUT2D eigenvalue weighted by molar-refractivity contribution is 5.89. The average molecular weight is 224 g/mol. The van der Waals surface area contributed by atoms with Gasteiger partial charge in [0, 0.05) is 7.11 Å². The first-order valence-corrected chi connectivity index (χ1v) is 5.13. The molecule has 0 atom stereocenters. The van der Waals surface area contributed by atoms with Gasteiger partial charge in [0.05, 0.1) is 25.4 Å². The van der Waals surface area contributed by atoms with Gasteiger partial charge in [0.25, 0.3) is 0 Å². The number of hydrogen-bond acceptors (Lipinski definition) is 4. The van der Waals surface area contributed by atoms with Gasteiger partial charge in [0.15, 0.2) is 0 Å². The molecule has 16 heavy (non-hydrogen) atoms. The van der Waals surface area contributed by atoms with Crippen molar-refractivity contribution in [3.8, 4) is 0 Å². The van der Waals surface area contributed by atoms with E-state index in [2.05, 4.69) is 0 Å². The van der Waals surface area contributed by atoms with Crippen molar-refractivity contribution in [2.75, 3.05) is 33.5 Å². The minimum absolute atomic E-state index is 0.261. The standard InChI is InChI=1S/C12H16O4/c1-14-7-8-15-9-10-16-12(13)11-5-3-2-4-6-11/h2-6H,7-10H2,1H3. The number of benzene rings is 1. The summed E-state index contributed by atoms with van der Waals surface area (Å²) in [6.45, 7) is 1.71. The Hall–Kier alpha value is -1.39. The van der Waals surface area contributed by atoms with Gasteiger partial charge in [-0.1, -0.05) is 18.2 Å². The molecule has 4 heteroatoms. The number of rotatable bonds is 7. The summed E-state index contributed by atoms with van der Waals surface area (Å²) in [5.41, 5.74) is 0.555. The van der Waals surface area contributed by atoms with Crippen LogP contribution in [-0.4, -0.2) is 39.5 Å². The molecule has 1 aromatic rings. The highest BCUT2D eigenvalue weighted by Crippen LogP contribution is 2.00. The summed E-state index contributed by atoms with van der Waals surface area (Å²) < 4.78 is 15.0. The molecule has 1 rings (SSSR count). The van der Waals surface area contributed by atoms with Crippen molar-refractivity contribution in [2.45, 2.75) is 0 Å². The first-order chi connectivity index (χ1) is 7.84. The Kier molecular flexibility index (Phi) is 6.22. The molecule has 0 saturated carbocycles. The molecule has 0 bridgehead atoms. The van der Waals surface area contributed by atoms with Gasteiger partial charge in [-0.2, -0.15) is 0 Å². The SMILES string of the molecule is COCCOCCOC(=O)c1ccccc1. The molecule has 4 nitrogen and oxygen atoms in total. The normalized spacial score (nSPS) is 10.1. The van der Waals surface area contributed by atoms with E-state index in [9.17, 15) is 4.79 Å². The summed E-state index contributed by atoms with van der Waals surface area (Å²) in [6.07, 6.45) is 0. The van der Waals surface area contributed by atoms with Gasteiger partial charge in [0.1, 0.15) is 6.61 Å². The molecule has 0 unspecified atom stereocenters. The summed E-state index contributed by atoms with van der Waals surface area (Å²) in [5.74, 6) is -0.323. The summed E-state index contributed by atoms with van der Waals surface area (Å²) in [4.78, 5) is 11.4. The summed E-state index contributed by atoms with van der Waals surface area (Å²) in [6, 6.07) is 8.88. The van der Waals surface area contributed by atoms with Crippen molar-refractivity contribution in [3.05, 3.63) is 35.9 Å². The monoisotopic (exact) mass is 224 g/mol. The van der Waals surface area contributed by atoms with Crippen LogP contribution in [0, 0.1) is 0 Å². The predicted molar refractivity (Wildman–Crippen MR) is 59.4 cm³/mol. The molecular weight excluding hydrogens is 208 g/mol. The first-order valence-electron chi connectivity index (χ1n) is 5.13. The van der Waals surface area contributed by atoms with Crippen LogP contribution in [0.5, 0.6) is 0 Å². The molecule has 1 aromatic carbocycles. The molecule has 0 aliphatic heterocycles. The lowest BCUT2D eigenvalue weighted by Gasteiger charge is -2.05. The Morgan fingerprint density at radius 1 is 1.06 bits per heavy atom. The number of ether oxygens (including phenoxy) is 3. The van der Waals surface area contributed by atoms with E-state index < -0.39 is 0 Å². The number of carbonyl (C=O) groups excluding carboxylic acids is 1. The lowest BCUT2D eigenvalue weighted by atomic mass is 10.2. The minimum Gasteiger partial charge on any atom is -0.460 e. The van der Waals surface area contributed by atoms with Gasteiger partial charge >= 0.3 is 5.97 Å². The van der Waals surface area contributed by atoms with Crippen LogP contribution in [0.15, 0.2) is 30.3 Å². The topological polar surface area (TPSA) is 44.8 Å². The third-order valence-corrected chi connectivity index (χ3v) is 1.90. The van der Waals surface area contributed by atoms with Gasteiger partial charge in [0.2, 0.25) is 0 Å². The molecule has 0 radical (unpaired) electrons. The third-order valence-electron chi connectivity index (χ3n) is 1.90. The number of esters is 1. The number of methoxy groups -OCH3 is 1. The molecule has 0 spiro atoms. The van der Waals surface area contributed by atoms with Gasteiger partial charge < -0.3 is 14.2 Å². The smallest absolute Gasteiger partial charge is 0.338 e. The number of hydrogen-bond donors (Lipinski definition) is 0. The molecule has 0 aromatic heterocycles. The number of carbonyl (C=O) groups is 1. The molecule has 0 saturated heterocycles. The van der Waals surface area contributed by atoms with Gasteiger partial charge in [-0.25, -0.2) is 4.79 Å². The van der Waals surface area contributed by atoms with Crippen molar-refractivity contribution >= 4 is 5.97 Å². The van der Waals surface area contributed by atoms with Crippen LogP contribution in [0.2, 0.25) is 0 Å². The van der Waals surface area contributed by atoms with E-state index >= 15 is 0 Å².